The van der Waals surface area contributed by atoms with Crippen molar-refractivity contribution in [1.82, 2.24) is 5.32 Å². The molecule has 0 atom stereocenters. The van der Waals surface area contributed by atoms with Crippen molar-refractivity contribution in [3.8, 4) is 0 Å². The Hall–Kier alpha value is -3.75. The van der Waals surface area contributed by atoms with E-state index >= 15 is 0 Å². The van der Waals surface area contributed by atoms with Gasteiger partial charge in [-0.15, -0.1) is 0 Å². The molecular formula is C18H14N2O7. The summed E-state index contributed by atoms with van der Waals surface area (Å²) in [6.07, 6.45) is 1.52. The molecule has 1 aromatic carbocycles. The summed E-state index contributed by atoms with van der Waals surface area (Å²) in [6.45, 7) is -0.683. The largest absolute Gasteiger partial charge is 0.459 e. The Kier molecular flexibility index (Phi) is 5.11. The number of ether oxygens (including phenoxy) is 1. The van der Waals surface area contributed by atoms with Crippen molar-refractivity contribution in [3.05, 3.63) is 54.0 Å². The number of amides is 4. The Morgan fingerprint density at radius 3 is 2.48 bits per heavy atom. The highest BCUT2D eigenvalue weighted by Gasteiger charge is 2.30. The molecule has 1 N–H and O–H groups in total. The van der Waals surface area contributed by atoms with Gasteiger partial charge in [0.05, 0.1) is 17.5 Å². The van der Waals surface area contributed by atoms with E-state index in [1.165, 1.54) is 42.7 Å². The van der Waals surface area contributed by atoms with Crippen LogP contribution in [0.25, 0.3) is 0 Å². The second-order valence-corrected chi connectivity index (χ2v) is 5.60. The molecule has 138 valence electrons. The van der Waals surface area contributed by atoms with E-state index < -0.39 is 24.4 Å². The Morgan fingerprint density at radius 1 is 1.07 bits per heavy atom. The third-order valence-electron chi connectivity index (χ3n) is 3.72. The van der Waals surface area contributed by atoms with E-state index in [0.29, 0.717) is 0 Å². The molecule has 1 aliphatic heterocycles. The molecule has 0 bridgehead atoms. The van der Waals surface area contributed by atoms with Crippen LogP contribution in [0.1, 0.15) is 33.8 Å². The summed E-state index contributed by atoms with van der Waals surface area (Å²) in [5, 5.41) is 2.01. The summed E-state index contributed by atoms with van der Waals surface area (Å²) < 4.78 is 9.70. The number of rotatable bonds is 5. The number of nitrogens with zero attached hydrogens (tertiary/aromatic N) is 1. The van der Waals surface area contributed by atoms with Gasteiger partial charge in [-0.3, -0.25) is 29.4 Å². The number of esters is 1. The van der Waals surface area contributed by atoms with Crippen molar-refractivity contribution in [1.29, 1.82) is 0 Å². The van der Waals surface area contributed by atoms with Crippen LogP contribution in [-0.4, -0.2) is 36.2 Å². The highest BCUT2D eigenvalue weighted by atomic mass is 16.5. The van der Waals surface area contributed by atoms with Crippen LogP contribution in [0, 0.1) is 0 Å². The van der Waals surface area contributed by atoms with Gasteiger partial charge in [-0.25, -0.2) is 4.79 Å². The molecule has 0 saturated carbocycles. The molecule has 1 aromatic heterocycles. The first-order chi connectivity index (χ1) is 13.0. The summed E-state index contributed by atoms with van der Waals surface area (Å²) in [7, 11) is 0. The molecule has 1 fully saturated rings. The molecule has 3 rings (SSSR count). The first-order valence-electron chi connectivity index (χ1n) is 7.96. The van der Waals surface area contributed by atoms with E-state index in [-0.39, 0.29) is 41.7 Å². The average molecular weight is 370 g/mol. The lowest BCUT2D eigenvalue weighted by Gasteiger charge is -2.14. The van der Waals surface area contributed by atoms with E-state index in [4.69, 9.17) is 9.15 Å². The van der Waals surface area contributed by atoms with E-state index in [2.05, 4.69) is 0 Å². The standard InChI is InChI=1S/C18H14N2O7/c21-14(19-17(24)13-5-2-8-26-13)10-27-18(25)11-3-1-4-12(9-11)20-15(22)6-7-16(20)23/h1-5,8-9H,6-7,10H2,(H,19,21,24). The van der Waals surface area contributed by atoms with Gasteiger partial charge in [0.1, 0.15) is 0 Å². The van der Waals surface area contributed by atoms with Gasteiger partial charge >= 0.3 is 5.97 Å². The molecule has 2 heterocycles. The fourth-order valence-corrected chi connectivity index (χ4v) is 2.48. The second-order valence-electron chi connectivity index (χ2n) is 5.60. The predicted molar refractivity (Wildman–Crippen MR) is 89.6 cm³/mol. The summed E-state index contributed by atoms with van der Waals surface area (Å²) >= 11 is 0. The van der Waals surface area contributed by atoms with Crippen molar-refractivity contribution in [2.45, 2.75) is 12.8 Å². The smallest absolute Gasteiger partial charge is 0.338 e. The van der Waals surface area contributed by atoms with Gasteiger partial charge in [0.15, 0.2) is 12.4 Å². The Bertz CT molecular complexity index is 902. The van der Waals surface area contributed by atoms with Crippen molar-refractivity contribution < 1.29 is 33.1 Å². The summed E-state index contributed by atoms with van der Waals surface area (Å²) in [4.78, 5) is 60.0. The summed E-state index contributed by atoms with van der Waals surface area (Å²) in [5.74, 6) is -3.17. The second kappa shape index (κ2) is 7.65. The molecule has 0 radical (unpaired) electrons. The van der Waals surface area contributed by atoms with Gasteiger partial charge in [0.25, 0.3) is 11.8 Å². The topological polar surface area (TPSA) is 123 Å². The SMILES string of the molecule is O=C(COC(=O)c1cccc(N2C(=O)CCC2=O)c1)NC(=O)c1ccco1. The van der Waals surface area contributed by atoms with Gasteiger partial charge in [-0.1, -0.05) is 6.07 Å². The highest BCUT2D eigenvalue weighted by molar-refractivity contribution is 6.20. The van der Waals surface area contributed by atoms with Gasteiger partial charge in [0, 0.05) is 12.8 Å². The summed E-state index contributed by atoms with van der Waals surface area (Å²) in [6, 6.07) is 8.62. The van der Waals surface area contributed by atoms with Crippen LogP contribution < -0.4 is 10.2 Å². The number of hydrogen-bond donors (Lipinski definition) is 1. The third-order valence-corrected chi connectivity index (χ3v) is 3.72. The number of carbonyl (C=O) groups is 5. The van der Waals surface area contributed by atoms with Gasteiger partial charge in [-0.05, 0) is 30.3 Å². The predicted octanol–water partition coefficient (Wildman–Crippen LogP) is 1.05. The molecular weight excluding hydrogens is 356 g/mol. The maximum Gasteiger partial charge on any atom is 0.338 e. The first-order valence-corrected chi connectivity index (χ1v) is 7.96. The van der Waals surface area contributed by atoms with E-state index in [0.717, 1.165) is 4.90 Å². The number of carbonyl (C=O) groups excluding carboxylic acids is 5. The molecule has 2 aromatic rings. The summed E-state index contributed by atoms with van der Waals surface area (Å²) in [5.41, 5.74) is 0.319. The fourth-order valence-electron chi connectivity index (χ4n) is 2.48. The Morgan fingerprint density at radius 2 is 1.81 bits per heavy atom. The quantitative estimate of drug-likeness (QED) is 0.616. The number of benzene rings is 1. The Balaban J connectivity index is 1.59. The van der Waals surface area contributed by atoms with Crippen molar-refractivity contribution >= 4 is 35.3 Å². The fraction of sp³-hybridized carbons (Fsp3) is 0.167. The number of anilines is 1. The molecule has 9 nitrogen and oxygen atoms in total. The minimum absolute atomic E-state index is 0.0534. The molecule has 27 heavy (non-hydrogen) atoms. The Labute approximate surface area is 152 Å². The van der Waals surface area contributed by atoms with Gasteiger partial charge in [-0.2, -0.15) is 0 Å². The number of furan rings is 1. The zero-order valence-electron chi connectivity index (χ0n) is 14.0. The number of nitrogens with one attached hydrogen (secondary N) is 1. The first kappa shape index (κ1) is 18.1. The van der Waals surface area contributed by atoms with Crippen LogP contribution >= 0.6 is 0 Å². The van der Waals surface area contributed by atoms with Gasteiger partial charge < -0.3 is 9.15 Å². The molecule has 0 aliphatic carbocycles. The van der Waals surface area contributed by atoms with Crippen LogP contribution in [0.2, 0.25) is 0 Å². The van der Waals surface area contributed by atoms with Crippen LogP contribution in [0.15, 0.2) is 47.1 Å². The van der Waals surface area contributed by atoms with Crippen molar-refractivity contribution in [2.24, 2.45) is 0 Å². The molecule has 9 heteroatoms. The van der Waals surface area contributed by atoms with Crippen LogP contribution in [-0.2, 0) is 19.1 Å². The number of hydrogen-bond acceptors (Lipinski definition) is 7. The van der Waals surface area contributed by atoms with Crippen LogP contribution in [0.4, 0.5) is 5.69 Å². The lowest BCUT2D eigenvalue weighted by molar-refractivity contribution is -0.123. The maximum atomic E-state index is 12.1. The van der Waals surface area contributed by atoms with E-state index in [1.807, 2.05) is 5.32 Å². The maximum absolute atomic E-state index is 12.1. The van der Waals surface area contributed by atoms with E-state index in [1.54, 1.807) is 0 Å². The van der Waals surface area contributed by atoms with E-state index in [9.17, 15) is 24.0 Å². The molecule has 1 saturated heterocycles. The lowest BCUT2D eigenvalue weighted by Crippen LogP contribution is -2.34. The zero-order valence-corrected chi connectivity index (χ0v) is 14.0. The average Bonchev–Trinajstić information content (AvgIpc) is 3.30. The van der Waals surface area contributed by atoms with Gasteiger partial charge in [0.2, 0.25) is 11.8 Å². The normalized spacial score (nSPS) is 13.6. The van der Waals surface area contributed by atoms with Crippen LogP contribution in [0.3, 0.4) is 0 Å². The van der Waals surface area contributed by atoms with Crippen molar-refractivity contribution in [2.75, 3.05) is 11.5 Å². The van der Waals surface area contributed by atoms with Crippen molar-refractivity contribution in [3.63, 3.8) is 0 Å². The molecule has 0 spiro atoms. The number of imide groups is 2. The van der Waals surface area contributed by atoms with Crippen LogP contribution in [0.5, 0.6) is 0 Å². The highest BCUT2D eigenvalue weighted by Crippen LogP contribution is 2.23. The zero-order chi connectivity index (χ0) is 19.4. The molecule has 4 amide bonds. The third kappa shape index (κ3) is 4.09. The lowest BCUT2D eigenvalue weighted by atomic mass is 10.2. The monoisotopic (exact) mass is 370 g/mol. The minimum atomic E-state index is -0.837. The molecule has 1 aliphatic rings. The molecule has 0 unspecified atom stereocenters. The minimum Gasteiger partial charge on any atom is -0.459 e.